The number of phenols is 1. The molecular formula is C20H26O2. The highest BCUT2D eigenvalue weighted by molar-refractivity contribution is 5.53. The van der Waals surface area contributed by atoms with Crippen molar-refractivity contribution in [3.63, 3.8) is 0 Å². The van der Waals surface area contributed by atoms with Crippen molar-refractivity contribution in [3.05, 3.63) is 59.2 Å². The number of benzene rings is 1. The third-order valence-electron chi connectivity index (χ3n) is 4.12. The van der Waals surface area contributed by atoms with E-state index >= 15 is 0 Å². The molecule has 0 bridgehead atoms. The summed E-state index contributed by atoms with van der Waals surface area (Å²) in [5, 5.41) is 9.31. The second kappa shape index (κ2) is 7.46. The van der Waals surface area contributed by atoms with Crippen LogP contribution < -0.4 is 0 Å². The molecule has 1 atom stereocenters. The SMILES string of the molecule is C=C(C1=CCOC1CC/C(C)=C/c1ccc(O)cc1)C(C)C. The Kier molecular flexibility index (Phi) is 5.62. The predicted octanol–water partition coefficient (Wildman–Crippen LogP) is 5.11. The van der Waals surface area contributed by atoms with Crippen molar-refractivity contribution < 1.29 is 9.84 Å². The van der Waals surface area contributed by atoms with E-state index in [4.69, 9.17) is 4.74 Å². The molecule has 0 spiro atoms. The molecule has 118 valence electrons. The Hall–Kier alpha value is -1.80. The smallest absolute Gasteiger partial charge is 0.115 e. The Morgan fingerprint density at radius 1 is 1.36 bits per heavy atom. The Morgan fingerprint density at radius 2 is 2.05 bits per heavy atom. The Labute approximate surface area is 133 Å². The van der Waals surface area contributed by atoms with Crippen LogP contribution in [0.25, 0.3) is 6.08 Å². The number of hydrogen-bond donors (Lipinski definition) is 1. The average molecular weight is 298 g/mol. The van der Waals surface area contributed by atoms with Gasteiger partial charge in [0.2, 0.25) is 0 Å². The van der Waals surface area contributed by atoms with E-state index in [0.717, 1.165) is 18.4 Å². The van der Waals surface area contributed by atoms with Gasteiger partial charge < -0.3 is 9.84 Å². The third kappa shape index (κ3) is 4.35. The number of allylic oxidation sites excluding steroid dienone is 1. The molecule has 0 amide bonds. The fourth-order valence-corrected chi connectivity index (χ4v) is 2.67. The first-order valence-corrected chi connectivity index (χ1v) is 7.94. The molecule has 2 nitrogen and oxygen atoms in total. The van der Waals surface area contributed by atoms with Crippen molar-refractivity contribution in [2.45, 2.75) is 39.7 Å². The zero-order valence-corrected chi connectivity index (χ0v) is 13.8. The van der Waals surface area contributed by atoms with Crippen LogP contribution in [0.5, 0.6) is 5.75 Å². The number of hydrogen-bond acceptors (Lipinski definition) is 2. The standard InChI is InChI=1S/C20H26O2/c1-14(2)16(4)19-11-12-22-20(19)10-5-15(3)13-17-6-8-18(21)9-7-17/h6-9,11,13-14,20-21H,4-5,10,12H2,1-3H3/b15-13+. The lowest BCUT2D eigenvalue weighted by atomic mass is 9.91. The van der Waals surface area contributed by atoms with Crippen molar-refractivity contribution in [1.29, 1.82) is 0 Å². The Bertz CT molecular complexity index is 576. The molecule has 1 aromatic carbocycles. The maximum Gasteiger partial charge on any atom is 0.115 e. The first-order chi connectivity index (χ1) is 10.5. The van der Waals surface area contributed by atoms with Crippen LogP contribution in [0, 0.1) is 5.92 Å². The predicted molar refractivity (Wildman–Crippen MR) is 92.8 cm³/mol. The van der Waals surface area contributed by atoms with Crippen molar-refractivity contribution >= 4 is 6.08 Å². The Morgan fingerprint density at radius 3 is 2.68 bits per heavy atom. The van der Waals surface area contributed by atoms with Crippen LogP contribution in [-0.4, -0.2) is 17.8 Å². The minimum atomic E-state index is 0.179. The van der Waals surface area contributed by atoms with Crippen LogP contribution >= 0.6 is 0 Å². The molecule has 0 radical (unpaired) electrons. The highest BCUT2D eigenvalue weighted by Crippen LogP contribution is 2.30. The van der Waals surface area contributed by atoms with Gasteiger partial charge in [-0.05, 0) is 54.5 Å². The summed E-state index contributed by atoms with van der Waals surface area (Å²) in [5.74, 6) is 0.764. The van der Waals surface area contributed by atoms with Gasteiger partial charge in [0.15, 0.2) is 0 Å². The van der Waals surface area contributed by atoms with Crippen LogP contribution in [-0.2, 0) is 4.74 Å². The molecule has 1 aliphatic heterocycles. The van der Waals surface area contributed by atoms with E-state index in [2.05, 4.69) is 39.5 Å². The molecule has 1 aromatic rings. The molecule has 1 heterocycles. The zero-order valence-electron chi connectivity index (χ0n) is 13.8. The molecule has 22 heavy (non-hydrogen) atoms. The normalized spacial score (nSPS) is 18.6. The summed E-state index contributed by atoms with van der Waals surface area (Å²) in [4.78, 5) is 0. The maximum absolute atomic E-state index is 9.31. The number of rotatable bonds is 6. The summed E-state index contributed by atoms with van der Waals surface area (Å²) in [7, 11) is 0. The molecule has 0 aliphatic carbocycles. The highest BCUT2D eigenvalue weighted by atomic mass is 16.5. The first-order valence-electron chi connectivity index (χ1n) is 7.94. The monoisotopic (exact) mass is 298 g/mol. The second-order valence-electron chi connectivity index (χ2n) is 6.28. The molecular weight excluding hydrogens is 272 g/mol. The van der Waals surface area contributed by atoms with Gasteiger partial charge >= 0.3 is 0 Å². The molecule has 0 aromatic heterocycles. The number of aromatic hydroxyl groups is 1. The van der Waals surface area contributed by atoms with Crippen LogP contribution in [0.1, 0.15) is 39.2 Å². The minimum absolute atomic E-state index is 0.179. The van der Waals surface area contributed by atoms with E-state index in [1.54, 1.807) is 12.1 Å². The van der Waals surface area contributed by atoms with E-state index < -0.39 is 0 Å². The number of phenolic OH excluding ortho intramolecular Hbond substituents is 1. The van der Waals surface area contributed by atoms with Gasteiger partial charge in [0.25, 0.3) is 0 Å². The topological polar surface area (TPSA) is 29.5 Å². The fraction of sp³-hybridized carbons (Fsp3) is 0.400. The highest BCUT2D eigenvalue weighted by Gasteiger charge is 2.22. The average Bonchev–Trinajstić information content (AvgIpc) is 2.95. The lowest BCUT2D eigenvalue weighted by Gasteiger charge is -2.19. The van der Waals surface area contributed by atoms with Gasteiger partial charge in [-0.1, -0.05) is 50.3 Å². The molecule has 0 fully saturated rings. The summed E-state index contributed by atoms with van der Waals surface area (Å²) < 4.78 is 5.84. The summed E-state index contributed by atoms with van der Waals surface area (Å²) >= 11 is 0. The summed E-state index contributed by atoms with van der Waals surface area (Å²) in [6.07, 6.45) is 6.49. The van der Waals surface area contributed by atoms with Crippen LogP contribution in [0.3, 0.4) is 0 Å². The van der Waals surface area contributed by atoms with Crippen molar-refractivity contribution in [2.24, 2.45) is 5.92 Å². The van der Waals surface area contributed by atoms with E-state index in [0.29, 0.717) is 18.3 Å². The van der Waals surface area contributed by atoms with Gasteiger partial charge in [-0.15, -0.1) is 0 Å². The van der Waals surface area contributed by atoms with Gasteiger partial charge in [-0.2, -0.15) is 0 Å². The van der Waals surface area contributed by atoms with Gasteiger partial charge in [0, 0.05) is 0 Å². The van der Waals surface area contributed by atoms with Crippen LogP contribution in [0.4, 0.5) is 0 Å². The van der Waals surface area contributed by atoms with E-state index in [1.807, 2.05) is 12.1 Å². The molecule has 1 N–H and O–H groups in total. The van der Waals surface area contributed by atoms with Gasteiger partial charge in [-0.3, -0.25) is 0 Å². The summed E-state index contributed by atoms with van der Waals surface area (Å²) in [5.41, 5.74) is 4.91. The third-order valence-corrected chi connectivity index (χ3v) is 4.12. The largest absolute Gasteiger partial charge is 0.508 e. The lowest BCUT2D eigenvalue weighted by Crippen LogP contribution is -2.13. The Balaban J connectivity index is 1.93. The summed E-state index contributed by atoms with van der Waals surface area (Å²) in [6, 6.07) is 7.28. The lowest BCUT2D eigenvalue weighted by molar-refractivity contribution is 0.116. The maximum atomic E-state index is 9.31. The van der Waals surface area contributed by atoms with E-state index in [-0.39, 0.29) is 6.10 Å². The van der Waals surface area contributed by atoms with Crippen molar-refractivity contribution in [2.75, 3.05) is 6.61 Å². The molecule has 0 saturated heterocycles. The fourth-order valence-electron chi connectivity index (χ4n) is 2.67. The van der Waals surface area contributed by atoms with Gasteiger partial charge in [0.05, 0.1) is 12.7 Å². The van der Waals surface area contributed by atoms with E-state index in [9.17, 15) is 5.11 Å². The van der Waals surface area contributed by atoms with Crippen LogP contribution in [0.15, 0.2) is 53.6 Å². The van der Waals surface area contributed by atoms with Gasteiger partial charge in [-0.25, -0.2) is 0 Å². The van der Waals surface area contributed by atoms with Crippen molar-refractivity contribution in [1.82, 2.24) is 0 Å². The zero-order chi connectivity index (χ0) is 16.1. The molecule has 1 unspecified atom stereocenters. The number of ether oxygens (including phenoxy) is 1. The van der Waals surface area contributed by atoms with E-state index in [1.165, 1.54) is 16.7 Å². The molecule has 2 rings (SSSR count). The second-order valence-corrected chi connectivity index (χ2v) is 6.28. The molecule has 0 saturated carbocycles. The van der Waals surface area contributed by atoms with Crippen LogP contribution in [0.2, 0.25) is 0 Å². The minimum Gasteiger partial charge on any atom is -0.508 e. The quantitative estimate of drug-likeness (QED) is 0.790. The van der Waals surface area contributed by atoms with Crippen molar-refractivity contribution in [3.8, 4) is 5.75 Å². The summed E-state index contributed by atoms with van der Waals surface area (Å²) in [6.45, 7) is 11.4. The first kappa shape index (κ1) is 16.6. The molecule has 1 aliphatic rings. The van der Waals surface area contributed by atoms with Gasteiger partial charge in [0.1, 0.15) is 5.75 Å². The molecule has 2 heteroatoms.